The first kappa shape index (κ1) is 36.7. The lowest BCUT2D eigenvalue weighted by Gasteiger charge is -2.49. The van der Waals surface area contributed by atoms with Crippen LogP contribution < -0.4 is 19.3 Å². The normalized spacial score (nSPS) is 28.0. The number of phenolic OH excluding ortho intramolecular Hbond substituents is 1. The van der Waals surface area contributed by atoms with E-state index in [9.17, 15) is 37.5 Å². The third-order valence-corrected chi connectivity index (χ3v) is 12.0. The summed E-state index contributed by atoms with van der Waals surface area (Å²) in [6.45, 7) is 0. The molecule has 4 amide bonds. The number of benzene rings is 3. The summed E-state index contributed by atoms with van der Waals surface area (Å²) >= 11 is 20.2. The maximum absolute atomic E-state index is 15.2. The van der Waals surface area contributed by atoms with Gasteiger partial charge in [0.05, 0.1) is 31.7 Å². The highest BCUT2D eigenvalue weighted by Gasteiger charge is 2.76. The van der Waals surface area contributed by atoms with Crippen LogP contribution in [0.2, 0.25) is 5.02 Å². The molecule has 2 aliphatic heterocycles. The van der Waals surface area contributed by atoms with Crippen LogP contribution in [-0.2, 0) is 19.2 Å². The van der Waals surface area contributed by atoms with Crippen molar-refractivity contribution in [2.24, 2.45) is 23.7 Å². The predicted octanol–water partition coefficient (Wildman–Crippen LogP) is 7.07. The molecule has 6 atom stereocenters. The predicted molar refractivity (Wildman–Crippen MR) is 181 cm³/mol. The topological polar surface area (TPSA) is 113 Å². The first-order valence-corrected chi connectivity index (χ1v) is 16.9. The minimum absolute atomic E-state index is 0.0283. The summed E-state index contributed by atoms with van der Waals surface area (Å²) in [7, 11) is 2.55. The van der Waals surface area contributed by atoms with Crippen LogP contribution in [-0.4, -0.2) is 52.7 Å². The molecule has 53 heavy (non-hydrogen) atoms. The SMILES string of the molecule is COc1cc(C=C[C@H]2C3=CC[C@@H]4C(=O)N(c5ccc(Cl)cc5)C(=O)[C@@H]4[C@@H]3C[C@@]3(Cl)C(=O)N(c4c(F)c(F)c(F)c(F)c4F)C(=O)[C@@]23Cl)cc(OC)c1O. The molecule has 0 radical (unpaired) electrons. The fraction of sp³-hybridized carbons (Fsp3) is 0.278. The molecule has 17 heteroatoms. The van der Waals surface area contributed by atoms with Crippen LogP contribution in [0.1, 0.15) is 18.4 Å². The molecule has 2 saturated heterocycles. The second-order valence-corrected chi connectivity index (χ2v) is 14.5. The molecule has 276 valence electrons. The zero-order chi connectivity index (χ0) is 38.5. The van der Waals surface area contributed by atoms with Gasteiger partial charge in [0.2, 0.25) is 23.4 Å². The number of carbonyl (C=O) groups excluding carboxylic acids is 4. The second kappa shape index (κ2) is 12.7. The van der Waals surface area contributed by atoms with Gasteiger partial charge in [-0.15, -0.1) is 23.2 Å². The van der Waals surface area contributed by atoms with E-state index in [-0.39, 0.29) is 45.4 Å². The van der Waals surface area contributed by atoms with Crippen LogP contribution in [0.15, 0.2) is 54.1 Å². The van der Waals surface area contributed by atoms with Gasteiger partial charge >= 0.3 is 0 Å². The van der Waals surface area contributed by atoms with Gasteiger partial charge in [0.25, 0.3) is 11.8 Å². The van der Waals surface area contributed by atoms with Gasteiger partial charge in [-0.05, 0) is 60.7 Å². The second-order valence-electron chi connectivity index (χ2n) is 12.9. The third kappa shape index (κ3) is 5.01. The number of rotatable bonds is 6. The van der Waals surface area contributed by atoms with E-state index in [0.29, 0.717) is 5.02 Å². The Hall–Kier alpha value is -4.66. The molecule has 1 N–H and O–H groups in total. The number of fused-ring (bicyclic) bond motifs is 4. The van der Waals surface area contributed by atoms with Crippen molar-refractivity contribution in [2.45, 2.75) is 22.6 Å². The Morgan fingerprint density at radius 3 is 1.94 bits per heavy atom. The lowest BCUT2D eigenvalue weighted by Crippen LogP contribution is -2.60. The molecule has 2 aliphatic carbocycles. The maximum atomic E-state index is 15.2. The summed E-state index contributed by atoms with van der Waals surface area (Å²) in [5.41, 5.74) is -1.13. The van der Waals surface area contributed by atoms with Crippen LogP contribution in [0.4, 0.5) is 33.3 Å². The zero-order valence-electron chi connectivity index (χ0n) is 27.2. The minimum Gasteiger partial charge on any atom is -0.502 e. The van der Waals surface area contributed by atoms with Gasteiger partial charge in [-0.25, -0.2) is 26.9 Å². The monoisotopic (exact) mass is 796 g/mol. The van der Waals surface area contributed by atoms with Crippen molar-refractivity contribution in [1.29, 1.82) is 0 Å². The number of aromatic hydroxyl groups is 1. The van der Waals surface area contributed by atoms with Gasteiger partial charge < -0.3 is 14.6 Å². The Kier molecular flexibility index (Phi) is 8.82. The van der Waals surface area contributed by atoms with Gasteiger partial charge in [0.15, 0.2) is 44.5 Å². The van der Waals surface area contributed by atoms with Crippen molar-refractivity contribution in [1.82, 2.24) is 0 Å². The fourth-order valence-corrected chi connectivity index (χ4v) is 8.89. The standard InChI is InChI=1S/C36H24Cl3F5N2O7/c1-52-21-11-14(12-22(53-2)30(21)47)3-10-20-17-8-9-18-23(32(49)45(31(18)48)16-6-4-15(37)5-7-16)19(17)13-35(38)33(50)46(34(51)36(20,35)39)29-27(43)25(41)24(40)26(42)28(29)44/h3-8,10-12,18-20,23,47H,9,13H2,1-2H3/t18-,19+,20-,23-,35+,36-/m0/s1. The largest absolute Gasteiger partial charge is 0.502 e. The van der Waals surface area contributed by atoms with E-state index in [2.05, 4.69) is 0 Å². The summed E-state index contributed by atoms with van der Waals surface area (Å²) in [4.78, 5) is 51.9. The highest BCUT2D eigenvalue weighted by Crippen LogP contribution is 2.64. The van der Waals surface area contributed by atoms with Crippen LogP contribution >= 0.6 is 34.8 Å². The first-order valence-electron chi connectivity index (χ1n) is 15.8. The molecular formula is C36H24Cl3F5N2O7. The highest BCUT2D eigenvalue weighted by molar-refractivity contribution is 6.58. The molecule has 3 aromatic carbocycles. The molecule has 0 bridgehead atoms. The molecule has 2 heterocycles. The Morgan fingerprint density at radius 1 is 0.811 bits per heavy atom. The summed E-state index contributed by atoms with van der Waals surface area (Å²) < 4.78 is 83.9. The molecule has 7 rings (SSSR count). The Bertz CT molecular complexity index is 2170. The van der Waals surface area contributed by atoms with Gasteiger partial charge in [-0.2, -0.15) is 0 Å². The van der Waals surface area contributed by atoms with E-state index in [4.69, 9.17) is 44.3 Å². The van der Waals surface area contributed by atoms with Gasteiger partial charge in [0, 0.05) is 10.9 Å². The number of hydrogen-bond donors (Lipinski definition) is 1. The van der Waals surface area contributed by atoms with Crippen LogP contribution in [0.5, 0.6) is 17.2 Å². The number of anilines is 2. The Morgan fingerprint density at radius 2 is 1.38 bits per heavy atom. The van der Waals surface area contributed by atoms with Gasteiger partial charge in [-0.1, -0.05) is 35.4 Å². The summed E-state index contributed by atoms with van der Waals surface area (Å²) in [5, 5.41) is 10.8. The molecule has 0 spiro atoms. The van der Waals surface area contributed by atoms with E-state index in [0.717, 1.165) is 4.90 Å². The number of phenols is 1. The average molecular weight is 798 g/mol. The van der Waals surface area contributed by atoms with Crippen molar-refractivity contribution < 1.29 is 55.7 Å². The van der Waals surface area contributed by atoms with E-state index < -0.39 is 98.2 Å². The van der Waals surface area contributed by atoms with Crippen molar-refractivity contribution in [3.05, 3.63) is 93.8 Å². The van der Waals surface area contributed by atoms with Gasteiger partial charge in [0.1, 0.15) is 5.69 Å². The number of allylic oxidation sites excluding steroid dienone is 3. The van der Waals surface area contributed by atoms with E-state index >= 15 is 8.78 Å². The summed E-state index contributed by atoms with van der Waals surface area (Å²) in [6, 6.07) is 8.63. The van der Waals surface area contributed by atoms with Crippen molar-refractivity contribution in [3.63, 3.8) is 0 Å². The Labute approximate surface area is 312 Å². The third-order valence-electron chi connectivity index (χ3n) is 10.3. The van der Waals surface area contributed by atoms with Crippen molar-refractivity contribution >= 4 is 75.9 Å². The number of amides is 4. The van der Waals surface area contributed by atoms with Gasteiger partial charge in [-0.3, -0.25) is 24.1 Å². The first-order chi connectivity index (χ1) is 25.0. The van der Waals surface area contributed by atoms with Crippen molar-refractivity contribution in [2.75, 3.05) is 24.0 Å². The number of hydrogen-bond acceptors (Lipinski definition) is 7. The fourth-order valence-electron chi connectivity index (χ4n) is 7.88. The number of halogens is 8. The lowest BCUT2D eigenvalue weighted by molar-refractivity contribution is -0.125. The molecular weight excluding hydrogens is 774 g/mol. The van der Waals surface area contributed by atoms with E-state index in [1.807, 2.05) is 0 Å². The van der Waals surface area contributed by atoms with Crippen molar-refractivity contribution in [3.8, 4) is 17.2 Å². The molecule has 9 nitrogen and oxygen atoms in total. The minimum atomic E-state index is -2.69. The maximum Gasteiger partial charge on any atom is 0.258 e. The molecule has 3 fully saturated rings. The molecule has 0 aromatic heterocycles. The smallest absolute Gasteiger partial charge is 0.258 e. The number of alkyl halides is 2. The number of imide groups is 2. The highest BCUT2D eigenvalue weighted by atomic mass is 35.5. The van der Waals surface area contributed by atoms with Crippen LogP contribution in [0.3, 0.4) is 0 Å². The van der Waals surface area contributed by atoms with E-state index in [1.165, 1.54) is 62.8 Å². The number of carbonyl (C=O) groups is 4. The lowest BCUT2D eigenvalue weighted by atomic mass is 9.57. The molecule has 1 saturated carbocycles. The summed E-state index contributed by atoms with van der Waals surface area (Å²) in [6.07, 6.45) is 3.57. The average Bonchev–Trinajstić information content (AvgIpc) is 3.48. The number of ether oxygens (including phenoxy) is 2. The summed E-state index contributed by atoms with van der Waals surface area (Å²) in [5.74, 6) is -21.9. The quantitative estimate of drug-likeness (QED) is 0.0709. The van der Waals surface area contributed by atoms with Crippen LogP contribution in [0, 0.1) is 52.8 Å². The molecule has 0 unspecified atom stereocenters. The number of methoxy groups -OCH3 is 2. The Balaban J connectivity index is 1.41. The molecule has 3 aromatic rings. The molecule has 4 aliphatic rings. The number of nitrogens with zero attached hydrogens (tertiary/aromatic N) is 2. The van der Waals surface area contributed by atoms with E-state index in [1.54, 1.807) is 6.08 Å². The van der Waals surface area contributed by atoms with Crippen LogP contribution in [0.25, 0.3) is 6.08 Å². The zero-order valence-corrected chi connectivity index (χ0v) is 29.5.